The van der Waals surface area contributed by atoms with Crippen LogP contribution in [0.15, 0.2) is 51.5 Å². The second kappa shape index (κ2) is 5.69. The lowest BCUT2D eigenvalue weighted by Crippen LogP contribution is -1.93. The Morgan fingerprint density at radius 3 is 2.76 bits per heavy atom. The Hall–Kier alpha value is -2.14. The quantitative estimate of drug-likeness (QED) is 0.730. The van der Waals surface area contributed by atoms with Gasteiger partial charge in [-0.25, -0.2) is 0 Å². The van der Waals surface area contributed by atoms with Gasteiger partial charge in [-0.3, -0.25) is 0 Å². The summed E-state index contributed by atoms with van der Waals surface area (Å²) in [5.41, 5.74) is 9.75. The number of nitrogens with two attached hydrogens (primary N) is 1. The predicted molar refractivity (Wildman–Crippen MR) is 85.8 cm³/mol. The van der Waals surface area contributed by atoms with E-state index in [9.17, 15) is 0 Å². The van der Waals surface area contributed by atoms with Crippen LogP contribution in [0.4, 0.5) is 5.69 Å². The number of anilines is 1. The molecule has 2 aromatic carbocycles. The molecule has 0 unspecified atom stereocenters. The van der Waals surface area contributed by atoms with Gasteiger partial charge < -0.3 is 10.3 Å². The lowest BCUT2D eigenvalue weighted by Gasteiger charge is -2.01. The Kier molecular flexibility index (Phi) is 3.75. The van der Waals surface area contributed by atoms with E-state index >= 15 is 0 Å². The number of aryl methyl sites for hydroxylation is 1. The van der Waals surface area contributed by atoms with Crippen LogP contribution in [0.5, 0.6) is 0 Å². The molecule has 0 spiro atoms. The zero-order valence-corrected chi connectivity index (χ0v) is 13.1. The number of nitrogen functional groups attached to an aromatic ring is 1. The third-order valence-corrected chi connectivity index (χ3v) is 4.04. The van der Waals surface area contributed by atoms with Crippen LogP contribution in [-0.2, 0) is 6.42 Å². The molecule has 21 heavy (non-hydrogen) atoms. The fourth-order valence-electron chi connectivity index (χ4n) is 2.10. The molecule has 2 N–H and O–H groups in total. The summed E-state index contributed by atoms with van der Waals surface area (Å²) < 4.78 is 6.18. The van der Waals surface area contributed by atoms with E-state index < -0.39 is 0 Å². The molecule has 0 radical (unpaired) electrons. The lowest BCUT2D eigenvalue weighted by atomic mass is 10.1. The molecule has 3 aromatic rings. The molecule has 0 aliphatic carbocycles. The molecule has 0 bridgehead atoms. The summed E-state index contributed by atoms with van der Waals surface area (Å²) in [7, 11) is 0. The highest BCUT2D eigenvalue weighted by Gasteiger charge is 2.11. The van der Waals surface area contributed by atoms with Gasteiger partial charge in [0.1, 0.15) is 0 Å². The topological polar surface area (TPSA) is 64.9 Å². The summed E-state index contributed by atoms with van der Waals surface area (Å²) in [6.45, 7) is 2.08. The highest BCUT2D eigenvalue weighted by atomic mass is 79.9. The summed E-state index contributed by atoms with van der Waals surface area (Å²) in [4.78, 5) is 4.44. The van der Waals surface area contributed by atoms with E-state index in [0.717, 1.165) is 10.0 Å². The van der Waals surface area contributed by atoms with Gasteiger partial charge in [0, 0.05) is 22.1 Å². The first-order valence-corrected chi connectivity index (χ1v) is 7.35. The minimum Gasteiger partial charge on any atom is -0.398 e. The van der Waals surface area contributed by atoms with Crippen molar-refractivity contribution in [2.45, 2.75) is 13.3 Å². The van der Waals surface area contributed by atoms with Gasteiger partial charge in [-0.1, -0.05) is 29.4 Å². The second-order valence-electron chi connectivity index (χ2n) is 4.86. The van der Waals surface area contributed by atoms with Crippen molar-refractivity contribution in [3.8, 4) is 11.5 Å². The standard InChI is InChI=1S/C16H14BrN3O/c1-10-4-2-3-5-11(10)9-15-19-16(21-20-15)12-6-7-13(17)14(18)8-12/h2-8H,9,18H2,1H3. The molecule has 0 amide bonds. The number of halogens is 1. The number of benzene rings is 2. The van der Waals surface area contributed by atoms with Gasteiger partial charge in [0.15, 0.2) is 5.82 Å². The molecule has 0 saturated carbocycles. The normalized spacial score (nSPS) is 10.8. The number of hydrogen-bond acceptors (Lipinski definition) is 4. The number of aromatic nitrogens is 2. The van der Waals surface area contributed by atoms with Crippen LogP contribution in [0.2, 0.25) is 0 Å². The van der Waals surface area contributed by atoms with Crippen LogP contribution >= 0.6 is 15.9 Å². The Balaban J connectivity index is 1.86. The summed E-state index contributed by atoms with van der Waals surface area (Å²) in [5.74, 6) is 1.15. The van der Waals surface area contributed by atoms with E-state index in [1.807, 2.05) is 30.3 Å². The molecule has 0 aliphatic heterocycles. The summed E-state index contributed by atoms with van der Waals surface area (Å²) in [6.07, 6.45) is 0.655. The largest absolute Gasteiger partial charge is 0.398 e. The average molecular weight is 344 g/mol. The molecule has 1 heterocycles. The van der Waals surface area contributed by atoms with E-state index in [1.54, 1.807) is 0 Å². The minimum absolute atomic E-state index is 0.484. The SMILES string of the molecule is Cc1ccccc1Cc1noc(-c2ccc(Br)c(N)c2)n1. The van der Waals surface area contributed by atoms with Crippen LogP contribution < -0.4 is 5.73 Å². The van der Waals surface area contributed by atoms with E-state index in [1.165, 1.54) is 11.1 Å². The van der Waals surface area contributed by atoms with Gasteiger partial charge in [0.05, 0.1) is 0 Å². The number of hydrogen-bond donors (Lipinski definition) is 1. The molecule has 106 valence electrons. The molecule has 5 heteroatoms. The van der Waals surface area contributed by atoms with Crippen molar-refractivity contribution in [3.63, 3.8) is 0 Å². The molecule has 0 atom stereocenters. The Morgan fingerprint density at radius 2 is 2.00 bits per heavy atom. The third-order valence-electron chi connectivity index (χ3n) is 3.32. The average Bonchev–Trinajstić information content (AvgIpc) is 2.93. The Morgan fingerprint density at radius 1 is 1.19 bits per heavy atom. The van der Waals surface area contributed by atoms with E-state index in [2.05, 4.69) is 45.1 Å². The van der Waals surface area contributed by atoms with Crippen molar-refractivity contribution >= 4 is 21.6 Å². The summed E-state index contributed by atoms with van der Waals surface area (Å²) in [5, 5.41) is 4.04. The van der Waals surface area contributed by atoms with E-state index in [-0.39, 0.29) is 0 Å². The second-order valence-corrected chi connectivity index (χ2v) is 5.71. The monoisotopic (exact) mass is 343 g/mol. The van der Waals surface area contributed by atoms with Crippen LogP contribution in [0.3, 0.4) is 0 Å². The molecular weight excluding hydrogens is 330 g/mol. The summed E-state index contributed by atoms with van der Waals surface area (Å²) >= 11 is 3.37. The first kappa shape index (κ1) is 13.8. The van der Waals surface area contributed by atoms with Crippen molar-refractivity contribution in [2.24, 2.45) is 0 Å². The maximum Gasteiger partial charge on any atom is 0.258 e. The first-order chi connectivity index (χ1) is 10.1. The van der Waals surface area contributed by atoms with Gasteiger partial charge in [-0.2, -0.15) is 4.98 Å². The summed E-state index contributed by atoms with van der Waals surface area (Å²) in [6, 6.07) is 13.8. The maximum absolute atomic E-state index is 5.87. The van der Waals surface area contributed by atoms with Crippen LogP contribution in [0.1, 0.15) is 17.0 Å². The molecule has 4 nitrogen and oxygen atoms in total. The first-order valence-electron chi connectivity index (χ1n) is 6.56. The van der Waals surface area contributed by atoms with Crippen molar-refractivity contribution in [1.82, 2.24) is 10.1 Å². The fraction of sp³-hybridized carbons (Fsp3) is 0.125. The van der Waals surface area contributed by atoms with Gasteiger partial charge in [0.25, 0.3) is 5.89 Å². The Bertz CT molecular complexity index is 783. The van der Waals surface area contributed by atoms with Crippen molar-refractivity contribution in [1.29, 1.82) is 0 Å². The van der Waals surface area contributed by atoms with Crippen molar-refractivity contribution in [3.05, 3.63) is 63.9 Å². The molecule has 3 rings (SSSR count). The molecule has 1 aromatic heterocycles. The van der Waals surface area contributed by atoms with Gasteiger partial charge in [-0.15, -0.1) is 0 Å². The van der Waals surface area contributed by atoms with Crippen molar-refractivity contribution in [2.75, 3.05) is 5.73 Å². The van der Waals surface area contributed by atoms with Crippen LogP contribution in [-0.4, -0.2) is 10.1 Å². The fourth-order valence-corrected chi connectivity index (χ4v) is 2.35. The van der Waals surface area contributed by atoms with Gasteiger partial charge in [0.2, 0.25) is 0 Å². The zero-order chi connectivity index (χ0) is 14.8. The minimum atomic E-state index is 0.484. The maximum atomic E-state index is 5.87. The van der Waals surface area contributed by atoms with Crippen LogP contribution in [0.25, 0.3) is 11.5 Å². The third kappa shape index (κ3) is 2.97. The molecule has 0 saturated heterocycles. The molecule has 0 aliphatic rings. The highest BCUT2D eigenvalue weighted by molar-refractivity contribution is 9.10. The number of rotatable bonds is 3. The lowest BCUT2D eigenvalue weighted by molar-refractivity contribution is 0.424. The van der Waals surface area contributed by atoms with Gasteiger partial charge in [-0.05, 0) is 52.2 Å². The molecular formula is C16H14BrN3O. The highest BCUT2D eigenvalue weighted by Crippen LogP contribution is 2.26. The van der Waals surface area contributed by atoms with Gasteiger partial charge >= 0.3 is 0 Å². The van der Waals surface area contributed by atoms with E-state index in [0.29, 0.717) is 23.8 Å². The molecule has 0 fully saturated rings. The Labute approximate surface area is 131 Å². The predicted octanol–water partition coefficient (Wildman–Crippen LogP) is 3.98. The van der Waals surface area contributed by atoms with E-state index in [4.69, 9.17) is 10.3 Å². The zero-order valence-electron chi connectivity index (χ0n) is 11.5. The smallest absolute Gasteiger partial charge is 0.258 e. The van der Waals surface area contributed by atoms with Crippen LogP contribution in [0, 0.1) is 6.92 Å². The van der Waals surface area contributed by atoms with Crippen molar-refractivity contribution < 1.29 is 4.52 Å². The number of nitrogens with zero attached hydrogens (tertiary/aromatic N) is 2.